The molecule has 1 N–H and O–H groups in total. The summed E-state index contributed by atoms with van der Waals surface area (Å²) in [7, 11) is 1.60. The summed E-state index contributed by atoms with van der Waals surface area (Å²) < 4.78 is 8.07. The van der Waals surface area contributed by atoms with Crippen molar-refractivity contribution in [1.82, 2.24) is 9.38 Å². The van der Waals surface area contributed by atoms with E-state index in [0.717, 1.165) is 21.4 Å². The summed E-state index contributed by atoms with van der Waals surface area (Å²) in [6, 6.07) is 9.40. The lowest BCUT2D eigenvalue weighted by atomic mass is 10.2. The van der Waals surface area contributed by atoms with Gasteiger partial charge in [-0.15, -0.1) is 0 Å². The average molecular weight is 388 g/mol. The molecule has 2 aromatic heterocycles. The zero-order valence-electron chi connectivity index (χ0n) is 13.8. The Morgan fingerprint density at radius 3 is 2.83 bits per heavy atom. The van der Waals surface area contributed by atoms with Gasteiger partial charge >= 0.3 is 0 Å². The number of anilines is 1. The number of benzene rings is 1. The lowest BCUT2D eigenvalue weighted by Gasteiger charge is -2.08. The van der Waals surface area contributed by atoms with Crippen molar-refractivity contribution < 1.29 is 9.53 Å². The first-order valence-corrected chi connectivity index (χ1v) is 8.46. The van der Waals surface area contributed by atoms with Crippen LogP contribution >= 0.6 is 15.9 Å². The van der Waals surface area contributed by atoms with Crippen molar-refractivity contribution in [3.63, 3.8) is 0 Å². The molecule has 5 nitrogen and oxygen atoms in total. The second kappa shape index (κ2) is 6.65. The summed E-state index contributed by atoms with van der Waals surface area (Å²) in [5.41, 5.74) is 3.76. The Balaban J connectivity index is 2.04. The molecular weight excluding hydrogens is 370 g/mol. The summed E-state index contributed by atoms with van der Waals surface area (Å²) in [5.74, 6) is 0.452. The molecule has 24 heavy (non-hydrogen) atoms. The van der Waals surface area contributed by atoms with Crippen molar-refractivity contribution in [2.24, 2.45) is 0 Å². The van der Waals surface area contributed by atoms with Crippen LogP contribution in [0.15, 0.2) is 41.0 Å². The van der Waals surface area contributed by atoms with Crippen LogP contribution in [-0.4, -0.2) is 22.4 Å². The van der Waals surface area contributed by atoms with Gasteiger partial charge in [0, 0.05) is 16.4 Å². The van der Waals surface area contributed by atoms with Crippen molar-refractivity contribution in [1.29, 1.82) is 0 Å². The molecule has 3 aromatic rings. The molecule has 1 amide bonds. The number of fused-ring (bicyclic) bond motifs is 1. The number of methoxy groups -OCH3 is 1. The number of amides is 1. The molecule has 0 aliphatic rings. The molecule has 0 spiro atoms. The molecule has 2 heterocycles. The number of carbonyl (C=O) groups excluding carboxylic acids is 1. The molecule has 0 aliphatic carbocycles. The number of imidazole rings is 1. The molecule has 6 heteroatoms. The van der Waals surface area contributed by atoms with Crippen LogP contribution in [0.4, 0.5) is 5.69 Å². The molecule has 0 saturated carbocycles. The Hall–Kier alpha value is -2.34. The van der Waals surface area contributed by atoms with Crippen molar-refractivity contribution in [2.75, 3.05) is 12.4 Å². The Morgan fingerprint density at radius 1 is 1.38 bits per heavy atom. The van der Waals surface area contributed by atoms with Gasteiger partial charge in [0.15, 0.2) is 11.4 Å². The quantitative estimate of drug-likeness (QED) is 0.728. The van der Waals surface area contributed by atoms with Crippen LogP contribution < -0.4 is 10.1 Å². The predicted molar refractivity (Wildman–Crippen MR) is 98.0 cm³/mol. The minimum absolute atomic E-state index is 0.191. The summed E-state index contributed by atoms with van der Waals surface area (Å²) in [6.07, 6.45) is 2.48. The molecule has 0 fully saturated rings. The number of hydrogen-bond acceptors (Lipinski definition) is 3. The summed E-state index contributed by atoms with van der Waals surface area (Å²) in [5, 5.41) is 2.95. The predicted octanol–water partition coefficient (Wildman–Crippen LogP) is 4.23. The molecular formula is C18H18BrN3O2. The van der Waals surface area contributed by atoms with Crippen molar-refractivity contribution in [3.8, 4) is 5.75 Å². The normalized spacial score (nSPS) is 10.8. The first kappa shape index (κ1) is 16.5. The smallest absolute Gasteiger partial charge is 0.274 e. The minimum Gasteiger partial charge on any atom is -0.493 e. The topological polar surface area (TPSA) is 55.6 Å². The number of rotatable bonds is 4. The Morgan fingerprint density at radius 2 is 2.17 bits per heavy atom. The monoisotopic (exact) mass is 387 g/mol. The molecule has 1 aromatic carbocycles. The van der Waals surface area contributed by atoms with Gasteiger partial charge in [0.1, 0.15) is 5.69 Å². The average Bonchev–Trinajstić information content (AvgIpc) is 2.96. The van der Waals surface area contributed by atoms with Crippen molar-refractivity contribution in [3.05, 3.63) is 58.0 Å². The van der Waals surface area contributed by atoms with Gasteiger partial charge in [-0.2, -0.15) is 0 Å². The molecule has 0 atom stereocenters. The van der Waals surface area contributed by atoms with Crippen LogP contribution in [-0.2, 0) is 6.42 Å². The lowest BCUT2D eigenvalue weighted by Crippen LogP contribution is -2.16. The van der Waals surface area contributed by atoms with E-state index in [9.17, 15) is 4.79 Å². The highest BCUT2D eigenvalue weighted by molar-refractivity contribution is 9.10. The third kappa shape index (κ3) is 2.89. The summed E-state index contributed by atoms with van der Waals surface area (Å²) in [6.45, 7) is 3.98. The van der Waals surface area contributed by atoms with Gasteiger partial charge in [-0.1, -0.05) is 28.9 Å². The third-order valence-electron chi connectivity index (χ3n) is 3.89. The van der Waals surface area contributed by atoms with Gasteiger partial charge in [0.25, 0.3) is 5.91 Å². The van der Waals surface area contributed by atoms with E-state index in [1.807, 2.05) is 50.4 Å². The van der Waals surface area contributed by atoms with E-state index in [-0.39, 0.29) is 5.91 Å². The second-order valence-corrected chi connectivity index (χ2v) is 6.30. The molecule has 3 rings (SSSR count). The van der Waals surface area contributed by atoms with E-state index in [1.54, 1.807) is 11.5 Å². The SMILES string of the molecule is CCc1nc2c(OC)cccn2c1C(=O)Nc1ccc(C)c(Br)c1. The maximum atomic E-state index is 12.8. The molecule has 0 unspecified atom stereocenters. The number of pyridine rings is 1. The standard InChI is InChI=1S/C18H18BrN3O2/c1-4-14-16(22-9-5-6-15(24-3)17(22)21-14)18(23)20-12-8-7-11(2)13(19)10-12/h5-10H,4H2,1-3H3,(H,20,23). The Labute approximate surface area is 148 Å². The molecule has 0 saturated heterocycles. The number of carbonyl (C=O) groups is 1. The van der Waals surface area contributed by atoms with E-state index in [2.05, 4.69) is 26.2 Å². The molecule has 0 aliphatic heterocycles. The fourth-order valence-electron chi connectivity index (χ4n) is 2.60. The van der Waals surface area contributed by atoms with E-state index < -0.39 is 0 Å². The van der Waals surface area contributed by atoms with E-state index in [1.165, 1.54) is 0 Å². The first-order valence-electron chi connectivity index (χ1n) is 7.66. The van der Waals surface area contributed by atoms with E-state index in [4.69, 9.17) is 4.74 Å². The van der Waals surface area contributed by atoms with Crippen LogP contribution in [0.3, 0.4) is 0 Å². The summed E-state index contributed by atoms with van der Waals surface area (Å²) in [4.78, 5) is 17.4. The van der Waals surface area contributed by atoms with Crippen LogP contribution in [0.5, 0.6) is 5.75 Å². The Bertz CT molecular complexity index is 918. The third-order valence-corrected chi connectivity index (χ3v) is 4.74. The maximum Gasteiger partial charge on any atom is 0.274 e. The van der Waals surface area contributed by atoms with Gasteiger partial charge in [-0.05, 0) is 43.2 Å². The number of ether oxygens (including phenoxy) is 1. The molecule has 0 radical (unpaired) electrons. The van der Waals surface area contributed by atoms with Crippen molar-refractivity contribution >= 4 is 33.2 Å². The lowest BCUT2D eigenvalue weighted by molar-refractivity contribution is 0.102. The van der Waals surface area contributed by atoms with E-state index in [0.29, 0.717) is 23.5 Å². The van der Waals surface area contributed by atoms with Gasteiger partial charge in [0.05, 0.1) is 12.8 Å². The molecule has 0 bridgehead atoms. The largest absolute Gasteiger partial charge is 0.493 e. The van der Waals surface area contributed by atoms with Gasteiger partial charge in [-0.3, -0.25) is 9.20 Å². The fourth-order valence-corrected chi connectivity index (χ4v) is 2.98. The highest BCUT2D eigenvalue weighted by Gasteiger charge is 2.20. The Kier molecular flexibility index (Phi) is 4.57. The summed E-state index contributed by atoms with van der Waals surface area (Å²) >= 11 is 3.49. The zero-order chi connectivity index (χ0) is 17.3. The zero-order valence-corrected chi connectivity index (χ0v) is 15.3. The van der Waals surface area contributed by atoms with Crippen LogP contribution in [0, 0.1) is 6.92 Å². The van der Waals surface area contributed by atoms with Crippen LogP contribution in [0.2, 0.25) is 0 Å². The first-order chi connectivity index (χ1) is 11.5. The minimum atomic E-state index is -0.191. The van der Waals surface area contributed by atoms with Crippen LogP contribution in [0.1, 0.15) is 28.7 Å². The number of nitrogens with one attached hydrogen (secondary N) is 1. The number of nitrogens with zero attached hydrogens (tertiary/aromatic N) is 2. The highest BCUT2D eigenvalue weighted by atomic mass is 79.9. The number of hydrogen-bond donors (Lipinski definition) is 1. The van der Waals surface area contributed by atoms with Gasteiger partial charge in [0.2, 0.25) is 0 Å². The van der Waals surface area contributed by atoms with Gasteiger partial charge in [-0.25, -0.2) is 4.98 Å². The van der Waals surface area contributed by atoms with E-state index >= 15 is 0 Å². The second-order valence-electron chi connectivity index (χ2n) is 5.45. The molecule has 124 valence electrons. The number of halogens is 1. The highest BCUT2D eigenvalue weighted by Crippen LogP contribution is 2.24. The number of aryl methyl sites for hydroxylation is 2. The van der Waals surface area contributed by atoms with Crippen molar-refractivity contribution in [2.45, 2.75) is 20.3 Å². The van der Waals surface area contributed by atoms with Gasteiger partial charge < -0.3 is 10.1 Å². The number of aromatic nitrogens is 2. The maximum absolute atomic E-state index is 12.8. The van der Waals surface area contributed by atoms with Crippen LogP contribution in [0.25, 0.3) is 5.65 Å². The fraction of sp³-hybridized carbons (Fsp3) is 0.222.